The van der Waals surface area contributed by atoms with Crippen LogP contribution in [-0.2, 0) is 0 Å². The second-order valence-corrected chi connectivity index (χ2v) is 10.5. The first-order valence-electron chi connectivity index (χ1n) is 14.9. The fourth-order valence-electron chi connectivity index (χ4n) is 5.28. The normalized spacial score (nSPS) is 11.5. The van der Waals surface area contributed by atoms with Crippen LogP contribution < -0.4 is 4.90 Å². The van der Waals surface area contributed by atoms with Crippen LogP contribution in [0.15, 0.2) is 48.5 Å². The van der Waals surface area contributed by atoms with Crippen LogP contribution >= 0.6 is 0 Å². The zero-order valence-electron chi connectivity index (χ0n) is 22.7. The van der Waals surface area contributed by atoms with E-state index in [1.807, 2.05) is 0 Å². The first-order valence-corrected chi connectivity index (χ1v) is 14.9. The molecule has 192 valence electrons. The summed E-state index contributed by atoms with van der Waals surface area (Å²) in [5, 5.41) is 2.55. The van der Waals surface area contributed by atoms with Gasteiger partial charge < -0.3 is 4.90 Å². The largest absolute Gasteiger partial charge is 0.371 e. The van der Waals surface area contributed by atoms with Crippen molar-refractivity contribution in [3.05, 3.63) is 48.5 Å². The van der Waals surface area contributed by atoms with Crippen molar-refractivity contribution in [2.24, 2.45) is 0 Å². The highest BCUT2D eigenvalue weighted by molar-refractivity contribution is 5.99. The quantitative estimate of drug-likeness (QED) is 0.127. The molecule has 0 aliphatic heterocycles. The van der Waals surface area contributed by atoms with E-state index < -0.39 is 0 Å². The maximum Gasteiger partial charge on any atom is 0.0730 e. The molecule has 0 N–H and O–H groups in total. The standard InChI is InChI=1S/C33H50N2/c1-3-5-7-9-11-13-15-19-26-35(27-20-16-14-12-10-8-6-4-2)33-25-21-24-32-30(33)28-29-22-17-18-23-31(29)34-32/h17-18,21-25,28H,3-16,19-20,26-27H2,1-2H3. The van der Waals surface area contributed by atoms with E-state index >= 15 is 0 Å². The lowest BCUT2D eigenvalue weighted by atomic mass is 10.1. The van der Waals surface area contributed by atoms with Crippen molar-refractivity contribution in [1.82, 2.24) is 4.98 Å². The van der Waals surface area contributed by atoms with Gasteiger partial charge in [-0.05, 0) is 37.1 Å². The predicted molar refractivity (Wildman–Crippen MR) is 157 cm³/mol. The average molecular weight is 475 g/mol. The predicted octanol–water partition coefficient (Wildman–Crippen LogP) is 10.5. The second-order valence-electron chi connectivity index (χ2n) is 10.5. The van der Waals surface area contributed by atoms with Gasteiger partial charge in [-0.1, -0.05) is 128 Å². The summed E-state index contributed by atoms with van der Waals surface area (Å²) >= 11 is 0. The molecule has 0 bridgehead atoms. The van der Waals surface area contributed by atoms with E-state index in [1.54, 1.807) is 0 Å². The SMILES string of the molecule is CCCCCCCCCCN(CCCCCCCCCC)c1cccc2nc3ccccc3cc12. The highest BCUT2D eigenvalue weighted by Gasteiger charge is 2.12. The molecule has 0 amide bonds. The molecule has 0 aliphatic rings. The molecular weight excluding hydrogens is 424 g/mol. The summed E-state index contributed by atoms with van der Waals surface area (Å²) in [5.74, 6) is 0. The molecule has 3 rings (SSSR count). The molecule has 1 aromatic heterocycles. The van der Waals surface area contributed by atoms with E-state index in [9.17, 15) is 0 Å². The maximum absolute atomic E-state index is 4.98. The zero-order chi connectivity index (χ0) is 24.6. The van der Waals surface area contributed by atoms with Gasteiger partial charge >= 0.3 is 0 Å². The molecule has 0 radical (unpaired) electrons. The van der Waals surface area contributed by atoms with Gasteiger partial charge in [0.2, 0.25) is 0 Å². The van der Waals surface area contributed by atoms with Crippen LogP contribution in [0.3, 0.4) is 0 Å². The monoisotopic (exact) mass is 474 g/mol. The lowest BCUT2D eigenvalue weighted by Crippen LogP contribution is -2.26. The van der Waals surface area contributed by atoms with E-state index in [4.69, 9.17) is 4.98 Å². The van der Waals surface area contributed by atoms with Gasteiger partial charge in [-0.3, -0.25) is 0 Å². The zero-order valence-corrected chi connectivity index (χ0v) is 22.7. The molecule has 2 aromatic carbocycles. The molecule has 0 unspecified atom stereocenters. The van der Waals surface area contributed by atoms with E-state index in [-0.39, 0.29) is 0 Å². The smallest absolute Gasteiger partial charge is 0.0730 e. The number of hydrogen-bond donors (Lipinski definition) is 0. The number of unbranched alkanes of at least 4 members (excludes halogenated alkanes) is 14. The van der Waals surface area contributed by atoms with Crippen LogP contribution in [0.4, 0.5) is 5.69 Å². The van der Waals surface area contributed by atoms with Gasteiger partial charge in [-0.25, -0.2) is 4.98 Å². The molecule has 0 spiro atoms. The van der Waals surface area contributed by atoms with E-state index in [0.29, 0.717) is 0 Å². The molecule has 0 aliphatic carbocycles. The Morgan fingerprint density at radius 3 is 1.66 bits per heavy atom. The molecule has 35 heavy (non-hydrogen) atoms. The Morgan fingerprint density at radius 2 is 1.06 bits per heavy atom. The van der Waals surface area contributed by atoms with E-state index in [1.165, 1.54) is 119 Å². The number of hydrogen-bond acceptors (Lipinski definition) is 2. The minimum Gasteiger partial charge on any atom is -0.371 e. The van der Waals surface area contributed by atoms with Crippen molar-refractivity contribution in [1.29, 1.82) is 0 Å². The molecule has 2 heteroatoms. The Hall–Kier alpha value is -2.09. The summed E-state index contributed by atoms with van der Waals surface area (Å²) in [6, 6.07) is 17.6. The van der Waals surface area contributed by atoms with Crippen molar-refractivity contribution in [2.75, 3.05) is 18.0 Å². The number of fused-ring (bicyclic) bond motifs is 2. The van der Waals surface area contributed by atoms with Crippen LogP contribution in [0.25, 0.3) is 21.8 Å². The topological polar surface area (TPSA) is 16.1 Å². The number of aromatic nitrogens is 1. The van der Waals surface area contributed by atoms with Gasteiger partial charge in [0, 0.05) is 29.5 Å². The van der Waals surface area contributed by atoms with Gasteiger partial charge in [0.25, 0.3) is 0 Å². The molecule has 0 saturated carbocycles. The van der Waals surface area contributed by atoms with Crippen molar-refractivity contribution in [2.45, 2.75) is 117 Å². The van der Waals surface area contributed by atoms with Gasteiger partial charge in [0.1, 0.15) is 0 Å². The van der Waals surface area contributed by atoms with Crippen LogP contribution in [0.1, 0.15) is 117 Å². The van der Waals surface area contributed by atoms with Crippen molar-refractivity contribution in [3.63, 3.8) is 0 Å². The number of rotatable bonds is 19. The number of anilines is 1. The van der Waals surface area contributed by atoms with Crippen molar-refractivity contribution < 1.29 is 0 Å². The van der Waals surface area contributed by atoms with Crippen LogP contribution in [0.5, 0.6) is 0 Å². The van der Waals surface area contributed by atoms with Gasteiger partial charge in [-0.15, -0.1) is 0 Å². The third-order valence-corrected chi connectivity index (χ3v) is 7.44. The van der Waals surface area contributed by atoms with E-state index in [2.05, 4.69) is 67.3 Å². The van der Waals surface area contributed by atoms with Crippen molar-refractivity contribution in [3.8, 4) is 0 Å². The highest BCUT2D eigenvalue weighted by atomic mass is 15.1. The first-order chi connectivity index (χ1) is 17.3. The summed E-state index contributed by atoms with van der Waals surface area (Å²) in [6.45, 7) is 6.92. The fourth-order valence-corrected chi connectivity index (χ4v) is 5.28. The first kappa shape index (κ1) is 27.5. The minimum atomic E-state index is 1.09. The minimum absolute atomic E-state index is 1.09. The fraction of sp³-hybridized carbons (Fsp3) is 0.606. The summed E-state index contributed by atoms with van der Waals surface area (Å²) in [5.41, 5.74) is 3.60. The molecule has 3 aromatic rings. The summed E-state index contributed by atoms with van der Waals surface area (Å²) in [4.78, 5) is 7.66. The van der Waals surface area contributed by atoms with Gasteiger partial charge in [0.15, 0.2) is 0 Å². The molecule has 2 nitrogen and oxygen atoms in total. The Bertz CT molecular complexity index is 944. The number of benzene rings is 2. The van der Waals surface area contributed by atoms with Crippen molar-refractivity contribution >= 4 is 27.5 Å². The maximum atomic E-state index is 4.98. The number of pyridine rings is 1. The number of nitrogens with zero attached hydrogens (tertiary/aromatic N) is 2. The van der Waals surface area contributed by atoms with E-state index in [0.717, 1.165) is 24.1 Å². The summed E-state index contributed by atoms with van der Waals surface area (Å²) < 4.78 is 0. The molecular formula is C33H50N2. The van der Waals surface area contributed by atoms with Gasteiger partial charge in [0.05, 0.1) is 11.0 Å². The molecule has 0 atom stereocenters. The molecule has 1 heterocycles. The Labute approximate surface area is 215 Å². The van der Waals surface area contributed by atoms with Crippen LogP contribution in [0.2, 0.25) is 0 Å². The number of para-hydroxylation sites is 1. The summed E-state index contributed by atoms with van der Waals surface area (Å²) in [6.07, 6.45) is 22.0. The van der Waals surface area contributed by atoms with Crippen LogP contribution in [-0.4, -0.2) is 18.1 Å². The third kappa shape index (κ3) is 9.47. The summed E-state index contributed by atoms with van der Waals surface area (Å²) in [7, 11) is 0. The third-order valence-electron chi connectivity index (χ3n) is 7.44. The second kappa shape index (κ2) is 16.6. The average Bonchev–Trinajstić information content (AvgIpc) is 2.89. The highest BCUT2D eigenvalue weighted by Crippen LogP contribution is 2.29. The lowest BCUT2D eigenvalue weighted by Gasteiger charge is -2.26. The Kier molecular flexibility index (Phi) is 13.0. The molecule has 0 saturated heterocycles. The Balaban J connectivity index is 1.60. The molecule has 0 fully saturated rings. The van der Waals surface area contributed by atoms with Crippen LogP contribution in [0, 0.1) is 0 Å². The Morgan fingerprint density at radius 1 is 0.543 bits per heavy atom. The van der Waals surface area contributed by atoms with Gasteiger partial charge in [-0.2, -0.15) is 0 Å². The lowest BCUT2D eigenvalue weighted by molar-refractivity contribution is 0.555.